The van der Waals surface area contributed by atoms with Crippen molar-refractivity contribution in [3.8, 4) is 5.75 Å². The van der Waals surface area contributed by atoms with E-state index in [2.05, 4.69) is 15.3 Å². The van der Waals surface area contributed by atoms with Crippen LogP contribution in [-0.4, -0.2) is 34.8 Å². The minimum absolute atomic E-state index is 0.0186. The Morgan fingerprint density at radius 1 is 1.50 bits per heavy atom. The number of nitrogens with two attached hydrogens (primary N) is 1. The van der Waals surface area contributed by atoms with Crippen LogP contribution in [0.2, 0.25) is 0 Å². The Bertz CT molecular complexity index is 344. The highest BCUT2D eigenvalue weighted by Crippen LogP contribution is 2.27. The molecule has 0 saturated heterocycles. The third kappa shape index (κ3) is 2.73. The van der Waals surface area contributed by atoms with Gasteiger partial charge in [-0.25, -0.2) is 9.97 Å². The monoisotopic (exact) mass is 226 g/mol. The lowest BCUT2D eigenvalue weighted by atomic mass is 10.1. The van der Waals surface area contributed by atoms with Crippen LogP contribution < -0.4 is 15.8 Å². The molecule has 4 N–H and O–H groups in total. The van der Waals surface area contributed by atoms with Gasteiger partial charge in [0.1, 0.15) is 6.33 Å². The van der Waals surface area contributed by atoms with Gasteiger partial charge in [0.15, 0.2) is 11.6 Å². The molecule has 6 nitrogen and oxygen atoms in total. The molecule has 0 aliphatic rings. The van der Waals surface area contributed by atoms with Crippen LogP contribution in [-0.2, 0) is 0 Å². The molecule has 0 aromatic carbocycles. The van der Waals surface area contributed by atoms with E-state index in [1.54, 1.807) is 0 Å². The van der Waals surface area contributed by atoms with Crippen LogP contribution >= 0.6 is 0 Å². The molecule has 1 unspecified atom stereocenters. The van der Waals surface area contributed by atoms with Gasteiger partial charge in [0.25, 0.3) is 0 Å². The second-order valence-electron chi connectivity index (χ2n) is 3.82. The van der Waals surface area contributed by atoms with Gasteiger partial charge in [-0.3, -0.25) is 0 Å². The van der Waals surface area contributed by atoms with Crippen LogP contribution in [0.15, 0.2) is 6.33 Å². The quantitative estimate of drug-likeness (QED) is 0.676. The predicted molar refractivity (Wildman–Crippen MR) is 62.3 cm³/mol. The molecule has 1 aromatic heterocycles. The molecule has 16 heavy (non-hydrogen) atoms. The maximum absolute atomic E-state index is 9.21. The van der Waals surface area contributed by atoms with Crippen molar-refractivity contribution in [1.29, 1.82) is 0 Å². The normalized spacial score (nSPS) is 12.6. The van der Waals surface area contributed by atoms with E-state index in [0.29, 0.717) is 11.6 Å². The summed E-state index contributed by atoms with van der Waals surface area (Å²) < 4.78 is 5.11. The van der Waals surface area contributed by atoms with Crippen molar-refractivity contribution in [3.05, 3.63) is 6.33 Å². The first-order chi connectivity index (χ1) is 7.60. The summed E-state index contributed by atoms with van der Waals surface area (Å²) in [7, 11) is 1.50. The fraction of sp³-hybridized carbons (Fsp3) is 0.600. The van der Waals surface area contributed by atoms with Crippen LogP contribution in [0.25, 0.3) is 0 Å². The van der Waals surface area contributed by atoms with E-state index in [-0.39, 0.29) is 24.4 Å². The number of rotatable bonds is 5. The van der Waals surface area contributed by atoms with Crippen molar-refractivity contribution in [2.45, 2.75) is 19.9 Å². The average molecular weight is 226 g/mol. The molecule has 90 valence electrons. The predicted octanol–water partition coefficient (Wildman–Crippen LogP) is 0.496. The van der Waals surface area contributed by atoms with Gasteiger partial charge in [-0.1, -0.05) is 13.8 Å². The molecule has 0 aliphatic carbocycles. The summed E-state index contributed by atoms with van der Waals surface area (Å²) in [4.78, 5) is 7.87. The molecule has 1 aromatic rings. The summed E-state index contributed by atoms with van der Waals surface area (Å²) in [6, 6.07) is -0.0943. The minimum atomic E-state index is -0.0943. The lowest BCUT2D eigenvalue weighted by Gasteiger charge is -2.21. The number of aliphatic hydroxyl groups is 1. The summed E-state index contributed by atoms with van der Waals surface area (Å²) in [6.07, 6.45) is 1.36. The first-order valence-corrected chi connectivity index (χ1v) is 5.12. The molecule has 1 rings (SSSR count). The molecular formula is C10H18N4O2. The Balaban J connectivity index is 2.91. The SMILES string of the molecule is COc1c(N)ncnc1NC(CO)C(C)C. The van der Waals surface area contributed by atoms with Gasteiger partial charge in [0.2, 0.25) is 5.75 Å². The van der Waals surface area contributed by atoms with Crippen LogP contribution in [0.4, 0.5) is 11.6 Å². The van der Waals surface area contributed by atoms with Crippen LogP contribution in [0.5, 0.6) is 5.75 Å². The topological polar surface area (TPSA) is 93.3 Å². The number of nitrogens with zero attached hydrogens (tertiary/aromatic N) is 2. The van der Waals surface area contributed by atoms with Gasteiger partial charge >= 0.3 is 0 Å². The van der Waals surface area contributed by atoms with E-state index in [1.165, 1.54) is 13.4 Å². The minimum Gasteiger partial charge on any atom is -0.490 e. The molecule has 0 bridgehead atoms. The molecule has 6 heteroatoms. The first-order valence-electron chi connectivity index (χ1n) is 5.12. The van der Waals surface area contributed by atoms with Crippen molar-refractivity contribution in [3.63, 3.8) is 0 Å². The number of aromatic nitrogens is 2. The molecular weight excluding hydrogens is 208 g/mol. The Kier molecular flexibility index (Phi) is 4.30. The third-order valence-corrected chi connectivity index (χ3v) is 2.36. The van der Waals surface area contributed by atoms with Crippen LogP contribution in [0.3, 0.4) is 0 Å². The van der Waals surface area contributed by atoms with Crippen molar-refractivity contribution >= 4 is 11.6 Å². The summed E-state index contributed by atoms with van der Waals surface area (Å²) >= 11 is 0. The molecule has 0 fully saturated rings. The van der Waals surface area contributed by atoms with Gasteiger partial charge in [-0.05, 0) is 5.92 Å². The highest BCUT2D eigenvalue weighted by atomic mass is 16.5. The Morgan fingerprint density at radius 2 is 2.19 bits per heavy atom. The fourth-order valence-corrected chi connectivity index (χ4v) is 1.29. The van der Waals surface area contributed by atoms with Gasteiger partial charge in [0, 0.05) is 0 Å². The van der Waals surface area contributed by atoms with Gasteiger partial charge in [-0.2, -0.15) is 0 Å². The van der Waals surface area contributed by atoms with Gasteiger partial charge in [0.05, 0.1) is 19.8 Å². The van der Waals surface area contributed by atoms with E-state index >= 15 is 0 Å². The number of methoxy groups -OCH3 is 1. The van der Waals surface area contributed by atoms with Gasteiger partial charge < -0.3 is 20.9 Å². The molecule has 0 aliphatic heterocycles. The standard InChI is InChI=1S/C10H18N4O2/c1-6(2)7(4-15)14-10-8(16-3)9(11)12-5-13-10/h5-7,15H,4H2,1-3H3,(H3,11,12,13,14). The zero-order chi connectivity index (χ0) is 12.1. The van der Waals surface area contributed by atoms with Gasteiger partial charge in [-0.15, -0.1) is 0 Å². The molecule has 1 heterocycles. The Labute approximate surface area is 94.9 Å². The van der Waals surface area contributed by atoms with E-state index < -0.39 is 0 Å². The molecule has 0 radical (unpaired) electrons. The smallest absolute Gasteiger partial charge is 0.203 e. The summed E-state index contributed by atoms with van der Waals surface area (Å²) in [6.45, 7) is 4.03. The molecule has 0 spiro atoms. The summed E-state index contributed by atoms with van der Waals surface area (Å²) in [5, 5.41) is 12.3. The second kappa shape index (κ2) is 5.50. The zero-order valence-electron chi connectivity index (χ0n) is 9.77. The maximum Gasteiger partial charge on any atom is 0.203 e. The Hall–Kier alpha value is -1.56. The van der Waals surface area contributed by atoms with E-state index in [9.17, 15) is 5.11 Å². The largest absolute Gasteiger partial charge is 0.490 e. The lowest BCUT2D eigenvalue weighted by molar-refractivity contribution is 0.248. The fourth-order valence-electron chi connectivity index (χ4n) is 1.29. The number of anilines is 2. The lowest BCUT2D eigenvalue weighted by Crippen LogP contribution is -2.30. The van der Waals surface area contributed by atoms with Crippen molar-refractivity contribution in [2.24, 2.45) is 5.92 Å². The molecule has 0 amide bonds. The molecule has 1 atom stereocenters. The van der Waals surface area contributed by atoms with E-state index in [4.69, 9.17) is 10.5 Å². The number of nitrogen functional groups attached to an aromatic ring is 1. The zero-order valence-corrected chi connectivity index (χ0v) is 9.77. The third-order valence-electron chi connectivity index (χ3n) is 2.36. The van der Waals surface area contributed by atoms with Crippen LogP contribution in [0.1, 0.15) is 13.8 Å². The maximum atomic E-state index is 9.21. The number of ether oxygens (including phenoxy) is 1. The number of hydrogen-bond donors (Lipinski definition) is 3. The van der Waals surface area contributed by atoms with E-state index in [1.807, 2.05) is 13.8 Å². The van der Waals surface area contributed by atoms with E-state index in [0.717, 1.165) is 0 Å². The van der Waals surface area contributed by atoms with Crippen LogP contribution in [0, 0.1) is 5.92 Å². The number of hydrogen-bond acceptors (Lipinski definition) is 6. The number of aliphatic hydroxyl groups excluding tert-OH is 1. The highest BCUT2D eigenvalue weighted by molar-refractivity contribution is 5.61. The summed E-state index contributed by atoms with van der Waals surface area (Å²) in [5.41, 5.74) is 5.65. The second-order valence-corrected chi connectivity index (χ2v) is 3.82. The first kappa shape index (κ1) is 12.5. The van der Waals surface area contributed by atoms with Crippen molar-refractivity contribution in [1.82, 2.24) is 9.97 Å². The summed E-state index contributed by atoms with van der Waals surface area (Å²) in [5.74, 6) is 1.45. The van der Waals surface area contributed by atoms with Crippen molar-refractivity contribution < 1.29 is 9.84 Å². The Morgan fingerprint density at radius 3 is 2.69 bits per heavy atom. The average Bonchev–Trinajstić information content (AvgIpc) is 2.25. The highest BCUT2D eigenvalue weighted by Gasteiger charge is 2.16. The number of nitrogens with one attached hydrogen (secondary N) is 1. The van der Waals surface area contributed by atoms with Crippen molar-refractivity contribution in [2.75, 3.05) is 24.8 Å². The molecule has 0 saturated carbocycles.